The summed E-state index contributed by atoms with van der Waals surface area (Å²) in [6.07, 6.45) is 0. The molecule has 2 aromatic rings. The third kappa shape index (κ3) is 3.62. The normalized spacial score (nSPS) is 12.3. The Hall–Kier alpha value is -1.24. The van der Waals surface area contributed by atoms with Crippen LogP contribution in [0.5, 0.6) is 0 Å². The lowest BCUT2D eigenvalue weighted by Gasteiger charge is -2.25. The number of anilines is 1. The summed E-state index contributed by atoms with van der Waals surface area (Å²) >= 11 is 1.61. The zero-order valence-corrected chi connectivity index (χ0v) is 12.7. The van der Waals surface area contributed by atoms with Crippen molar-refractivity contribution in [1.29, 1.82) is 0 Å². The molecule has 0 unspecified atom stereocenters. The summed E-state index contributed by atoms with van der Waals surface area (Å²) in [5.74, 6) is 7.03. The van der Waals surface area contributed by atoms with Crippen LogP contribution in [-0.4, -0.2) is 28.5 Å². The quantitative estimate of drug-likeness (QED) is 0.664. The molecule has 0 radical (unpaired) electrons. The van der Waals surface area contributed by atoms with Crippen LogP contribution in [0.15, 0.2) is 11.4 Å². The molecule has 0 aliphatic heterocycles. The number of thiophene rings is 1. The SMILES string of the molecule is CN(Cc1nc(NN)c2ccsc2n1)CC(C)(C)C. The summed E-state index contributed by atoms with van der Waals surface area (Å²) < 4.78 is 0. The first-order valence-corrected chi connectivity index (χ1v) is 7.16. The molecule has 6 heteroatoms. The van der Waals surface area contributed by atoms with E-state index in [1.54, 1.807) is 11.3 Å². The van der Waals surface area contributed by atoms with E-state index in [2.05, 4.69) is 48.1 Å². The molecule has 19 heavy (non-hydrogen) atoms. The van der Waals surface area contributed by atoms with Gasteiger partial charge in [0.25, 0.3) is 0 Å². The minimum atomic E-state index is 0.261. The highest BCUT2D eigenvalue weighted by Gasteiger charge is 2.15. The summed E-state index contributed by atoms with van der Waals surface area (Å²) in [5.41, 5.74) is 2.92. The number of aromatic nitrogens is 2. The van der Waals surface area contributed by atoms with Gasteiger partial charge in [-0.1, -0.05) is 20.8 Å². The first kappa shape index (κ1) is 14.2. The molecule has 0 aromatic carbocycles. The van der Waals surface area contributed by atoms with Crippen molar-refractivity contribution in [3.63, 3.8) is 0 Å². The molecule has 0 amide bonds. The van der Waals surface area contributed by atoms with Gasteiger partial charge in [0, 0.05) is 6.54 Å². The topological polar surface area (TPSA) is 67.1 Å². The van der Waals surface area contributed by atoms with Crippen molar-refractivity contribution in [3.05, 3.63) is 17.3 Å². The summed E-state index contributed by atoms with van der Waals surface area (Å²) in [6, 6.07) is 1.98. The molecule has 2 rings (SSSR count). The number of fused-ring (bicyclic) bond motifs is 1. The van der Waals surface area contributed by atoms with Crippen LogP contribution in [0, 0.1) is 5.41 Å². The van der Waals surface area contributed by atoms with Crippen LogP contribution in [-0.2, 0) is 6.54 Å². The average Bonchev–Trinajstić information content (AvgIpc) is 2.73. The molecule has 5 nitrogen and oxygen atoms in total. The van der Waals surface area contributed by atoms with Crippen molar-refractivity contribution < 1.29 is 0 Å². The van der Waals surface area contributed by atoms with E-state index < -0.39 is 0 Å². The summed E-state index contributed by atoms with van der Waals surface area (Å²) in [6.45, 7) is 8.38. The Morgan fingerprint density at radius 2 is 2.11 bits per heavy atom. The average molecular weight is 279 g/mol. The van der Waals surface area contributed by atoms with Gasteiger partial charge >= 0.3 is 0 Å². The number of hydrogen-bond acceptors (Lipinski definition) is 6. The second-order valence-corrected chi connectivity index (χ2v) is 6.90. The van der Waals surface area contributed by atoms with Crippen molar-refractivity contribution in [3.8, 4) is 0 Å². The van der Waals surface area contributed by atoms with E-state index in [0.29, 0.717) is 5.82 Å². The Morgan fingerprint density at radius 3 is 2.74 bits per heavy atom. The van der Waals surface area contributed by atoms with E-state index in [9.17, 15) is 0 Å². The molecule has 0 saturated carbocycles. The zero-order chi connectivity index (χ0) is 14.0. The maximum absolute atomic E-state index is 5.53. The number of rotatable bonds is 4. The zero-order valence-electron chi connectivity index (χ0n) is 11.9. The molecular weight excluding hydrogens is 258 g/mol. The van der Waals surface area contributed by atoms with Gasteiger partial charge in [0.2, 0.25) is 0 Å². The molecule has 0 aliphatic carbocycles. The fraction of sp³-hybridized carbons (Fsp3) is 0.538. The van der Waals surface area contributed by atoms with Crippen molar-refractivity contribution in [2.24, 2.45) is 11.3 Å². The summed E-state index contributed by atoms with van der Waals surface area (Å²) in [5, 5.41) is 2.98. The highest BCUT2D eigenvalue weighted by atomic mass is 32.1. The lowest BCUT2D eigenvalue weighted by molar-refractivity contribution is 0.217. The summed E-state index contributed by atoms with van der Waals surface area (Å²) in [7, 11) is 2.09. The minimum Gasteiger partial charge on any atom is -0.308 e. The molecular formula is C13H21N5S. The first-order valence-electron chi connectivity index (χ1n) is 6.28. The van der Waals surface area contributed by atoms with Gasteiger partial charge in [-0.25, -0.2) is 15.8 Å². The van der Waals surface area contributed by atoms with Crippen molar-refractivity contribution in [2.45, 2.75) is 27.3 Å². The van der Waals surface area contributed by atoms with Gasteiger partial charge in [-0.05, 0) is 23.9 Å². The van der Waals surface area contributed by atoms with Gasteiger partial charge in [0.05, 0.1) is 11.9 Å². The van der Waals surface area contributed by atoms with E-state index in [1.807, 2.05) is 11.4 Å². The second kappa shape index (κ2) is 5.40. The Labute approximate surface area is 117 Å². The predicted molar refractivity (Wildman–Crippen MR) is 81.0 cm³/mol. The molecule has 0 fully saturated rings. The fourth-order valence-electron chi connectivity index (χ4n) is 2.19. The molecule has 0 saturated heterocycles. The van der Waals surface area contributed by atoms with Gasteiger partial charge in [0.15, 0.2) is 5.82 Å². The number of hydrogen-bond donors (Lipinski definition) is 2. The lowest BCUT2D eigenvalue weighted by atomic mass is 9.96. The monoisotopic (exact) mass is 279 g/mol. The second-order valence-electron chi connectivity index (χ2n) is 6.01. The van der Waals surface area contributed by atoms with E-state index >= 15 is 0 Å². The Bertz CT molecular complexity index is 558. The molecule has 104 valence electrons. The third-order valence-electron chi connectivity index (χ3n) is 2.66. The molecule has 2 heterocycles. The third-order valence-corrected chi connectivity index (χ3v) is 3.47. The van der Waals surface area contributed by atoms with Crippen molar-refractivity contribution in [2.75, 3.05) is 19.0 Å². The molecule has 3 N–H and O–H groups in total. The Balaban J connectivity index is 2.21. The van der Waals surface area contributed by atoms with Crippen LogP contribution in [0.25, 0.3) is 10.2 Å². The van der Waals surface area contributed by atoms with Crippen LogP contribution in [0.3, 0.4) is 0 Å². The smallest absolute Gasteiger partial charge is 0.152 e. The van der Waals surface area contributed by atoms with Crippen LogP contribution >= 0.6 is 11.3 Å². The Kier molecular flexibility index (Phi) is 4.03. The van der Waals surface area contributed by atoms with Crippen LogP contribution in [0.1, 0.15) is 26.6 Å². The standard InChI is InChI=1S/C13H21N5S/c1-13(2,3)8-18(4)7-10-15-11(17-14)9-5-6-19-12(9)16-10/h5-6H,7-8,14H2,1-4H3,(H,15,16,17). The van der Waals surface area contributed by atoms with E-state index in [0.717, 1.165) is 29.1 Å². The molecule has 0 atom stereocenters. The van der Waals surface area contributed by atoms with Crippen molar-refractivity contribution >= 4 is 27.4 Å². The van der Waals surface area contributed by atoms with Gasteiger partial charge in [-0.15, -0.1) is 11.3 Å². The predicted octanol–water partition coefficient (Wildman–Crippen LogP) is 2.45. The van der Waals surface area contributed by atoms with E-state index in [1.165, 1.54) is 0 Å². The van der Waals surface area contributed by atoms with Gasteiger partial charge in [0.1, 0.15) is 10.7 Å². The van der Waals surface area contributed by atoms with Gasteiger partial charge in [-0.2, -0.15) is 0 Å². The minimum absolute atomic E-state index is 0.261. The number of nitrogens with one attached hydrogen (secondary N) is 1. The Morgan fingerprint density at radius 1 is 1.37 bits per heavy atom. The maximum Gasteiger partial charge on any atom is 0.152 e. The van der Waals surface area contributed by atoms with Gasteiger partial charge in [-0.3, -0.25) is 4.90 Å². The van der Waals surface area contributed by atoms with E-state index in [4.69, 9.17) is 5.84 Å². The van der Waals surface area contributed by atoms with Gasteiger partial charge < -0.3 is 5.43 Å². The number of nitrogen functional groups attached to an aromatic ring is 1. The van der Waals surface area contributed by atoms with Crippen LogP contribution < -0.4 is 11.3 Å². The van der Waals surface area contributed by atoms with E-state index in [-0.39, 0.29) is 5.41 Å². The van der Waals surface area contributed by atoms with Crippen LogP contribution in [0.2, 0.25) is 0 Å². The largest absolute Gasteiger partial charge is 0.308 e. The highest BCUT2D eigenvalue weighted by Crippen LogP contribution is 2.25. The molecule has 2 aromatic heterocycles. The van der Waals surface area contributed by atoms with Crippen LogP contribution in [0.4, 0.5) is 5.82 Å². The molecule has 0 spiro atoms. The first-order chi connectivity index (χ1) is 8.89. The fourth-order valence-corrected chi connectivity index (χ4v) is 2.97. The summed E-state index contributed by atoms with van der Waals surface area (Å²) in [4.78, 5) is 12.3. The number of nitrogens with zero attached hydrogens (tertiary/aromatic N) is 3. The highest BCUT2D eigenvalue weighted by molar-refractivity contribution is 7.16. The maximum atomic E-state index is 5.53. The number of nitrogens with two attached hydrogens (primary N) is 1. The molecule has 0 aliphatic rings. The van der Waals surface area contributed by atoms with Crippen molar-refractivity contribution in [1.82, 2.24) is 14.9 Å². The lowest BCUT2D eigenvalue weighted by Crippen LogP contribution is -2.29. The molecule has 0 bridgehead atoms. The number of hydrazine groups is 1.